The van der Waals surface area contributed by atoms with Crippen molar-refractivity contribution in [1.29, 1.82) is 0 Å². The first-order valence-electron chi connectivity index (χ1n) is 6.99. The van der Waals surface area contributed by atoms with Gasteiger partial charge in [-0.05, 0) is 30.4 Å². The van der Waals surface area contributed by atoms with Gasteiger partial charge in [-0.2, -0.15) is 0 Å². The number of benzene rings is 1. The highest BCUT2D eigenvalue weighted by Crippen LogP contribution is 2.27. The fourth-order valence-corrected chi connectivity index (χ4v) is 2.77. The van der Waals surface area contributed by atoms with Crippen molar-refractivity contribution in [3.05, 3.63) is 42.0 Å². The van der Waals surface area contributed by atoms with Gasteiger partial charge in [0.2, 0.25) is 5.91 Å². The number of ether oxygens (including phenoxy) is 1. The van der Waals surface area contributed by atoms with Crippen LogP contribution in [0.2, 0.25) is 0 Å². The van der Waals surface area contributed by atoms with Gasteiger partial charge in [-0.3, -0.25) is 4.79 Å². The van der Waals surface area contributed by atoms with Crippen LogP contribution in [0.1, 0.15) is 24.8 Å². The quantitative estimate of drug-likeness (QED) is 0.841. The van der Waals surface area contributed by atoms with Gasteiger partial charge in [0.25, 0.3) is 0 Å². The summed E-state index contributed by atoms with van der Waals surface area (Å²) in [4.78, 5) is 11.8. The van der Waals surface area contributed by atoms with Gasteiger partial charge in [0.1, 0.15) is 11.9 Å². The first-order chi connectivity index (χ1) is 9.31. The van der Waals surface area contributed by atoms with Crippen molar-refractivity contribution in [2.45, 2.75) is 31.8 Å². The third-order valence-electron chi connectivity index (χ3n) is 3.80. The standard InChI is InChI=1S/C16H19NO2/c18-16(9-12-5-1-2-6-12)17-11-14-10-13-7-3-4-8-15(13)19-14/h1,3-5,7-8,12,14H,2,6,9-11H2,(H,17,18). The summed E-state index contributed by atoms with van der Waals surface area (Å²) in [6, 6.07) is 8.07. The van der Waals surface area contributed by atoms with Gasteiger partial charge in [0.05, 0.1) is 6.54 Å². The summed E-state index contributed by atoms with van der Waals surface area (Å²) in [5, 5.41) is 2.99. The molecular formula is C16H19NO2. The molecule has 1 heterocycles. The van der Waals surface area contributed by atoms with E-state index >= 15 is 0 Å². The lowest BCUT2D eigenvalue weighted by molar-refractivity contribution is -0.122. The van der Waals surface area contributed by atoms with Crippen LogP contribution in [0.5, 0.6) is 5.75 Å². The Balaban J connectivity index is 1.44. The van der Waals surface area contributed by atoms with Crippen LogP contribution >= 0.6 is 0 Å². The molecule has 3 rings (SSSR count). The third kappa shape index (κ3) is 2.98. The number of para-hydroxylation sites is 1. The monoisotopic (exact) mass is 257 g/mol. The fraction of sp³-hybridized carbons (Fsp3) is 0.438. The lowest BCUT2D eigenvalue weighted by Crippen LogP contribution is -2.35. The Bertz CT molecular complexity index is 470. The van der Waals surface area contributed by atoms with Crippen LogP contribution in [0.3, 0.4) is 0 Å². The van der Waals surface area contributed by atoms with Gasteiger partial charge in [0, 0.05) is 12.8 Å². The van der Waals surface area contributed by atoms with E-state index < -0.39 is 0 Å². The molecule has 0 saturated heterocycles. The maximum Gasteiger partial charge on any atom is 0.220 e. The number of hydrogen-bond acceptors (Lipinski definition) is 2. The zero-order chi connectivity index (χ0) is 13.1. The maximum absolute atomic E-state index is 11.8. The van der Waals surface area contributed by atoms with E-state index in [1.807, 2.05) is 18.2 Å². The van der Waals surface area contributed by atoms with Gasteiger partial charge in [-0.15, -0.1) is 0 Å². The van der Waals surface area contributed by atoms with E-state index in [-0.39, 0.29) is 12.0 Å². The molecule has 2 unspecified atom stereocenters. The number of carbonyl (C=O) groups excluding carboxylic acids is 1. The molecule has 0 fully saturated rings. The summed E-state index contributed by atoms with van der Waals surface area (Å²) >= 11 is 0. The lowest BCUT2D eigenvalue weighted by Gasteiger charge is -2.13. The smallest absolute Gasteiger partial charge is 0.220 e. The van der Waals surface area contributed by atoms with Crippen LogP contribution < -0.4 is 10.1 Å². The summed E-state index contributed by atoms with van der Waals surface area (Å²) in [7, 11) is 0. The van der Waals surface area contributed by atoms with Gasteiger partial charge < -0.3 is 10.1 Å². The predicted molar refractivity (Wildman–Crippen MR) is 74.1 cm³/mol. The van der Waals surface area contributed by atoms with Crippen LogP contribution in [0, 0.1) is 5.92 Å². The van der Waals surface area contributed by atoms with Crippen LogP contribution in [0.15, 0.2) is 36.4 Å². The molecule has 3 nitrogen and oxygen atoms in total. The lowest BCUT2D eigenvalue weighted by atomic mass is 10.0. The topological polar surface area (TPSA) is 38.3 Å². The summed E-state index contributed by atoms with van der Waals surface area (Å²) in [5.74, 6) is 1.53. The normalized spacial score (nSPS) is 24.0. The Morgan fingerprint density at radius 1 is 1.37 bits per heavy atom. The molecule has 1 amide bonds. The van der Waals surface area contributed by atoms with Crippen molar-refractivity contribution >= 4 is 5.91 Å². The number of allylic oxidation sites excluding steroid dienone is 2. The second-order valence-corrected chi connectivity index (χ2v) is 5.33. The number of nitrogens with one attached hydrogen (secondary N) is 1. The molecule has 2 aliphatic rings. The van der Waals surface area contributed by atoms with Crippen molar-refractivity contribution in [2.75, 3.05) is 6.54 Å². The third-order valence-corrected chi connectivity index (χ3v) is 3.80. The highest BCUT2D eigenvalue weighted by molar-refractivity contribution is 5.76. The van der Waals surface area contributed by atoms with E-state index in [0.29, 0.717) is 18.9 Å². The first-order valence-corrected chi connectivity index (χ1v) is 6.99. The molecular weight excluding hydrogens is 238 g/mol. The average molecular weight is 257 g/mol. The van der Waals surface area contributed by atoms with Crippen LogP contribution in [-0.2, 0) is 11.2 Å². The summed E-state index contributed by atoms with van der Waals surface area (Å²) < 4.78 is 5.80. The second kappa shape index (κ2) is 5.47. The molecule has 0 aromatic heterocycles. The minimum atomic E-state index is 0.0838. The summed E-state index contributed by atoms with van der Waals surface area (Å²) in [5.41, 5.74) is 1.24. The maximum atomic E-state index is 11.8. The second-order valence-electron chi connectivity index (χ2n) is 5.33. The number of hydrogen-bond donors (Lipinski definition) is 1. The molecule has 100 valence electrons. The number of carbonyl (C=O) groups is 1. The van der Waals surface area contributed by atoms with Crippen LogP contribution in [0.4, 0.5) is 0 Å². The summed E-state index contributed by atoms with van der Waals surface area (Å²) in [6.45, 7) is 0.601. The fourth-order valence-electron chi connectivity index (χ4n) is 2.77. The Labute approximate surface area is 113 Å². The van der Waals surface area contributed by atoms with Gasteiger partial charge >= 0.3 is 0 Å². The van der Waals surface area contributed by atoms with E-state index in [2.05, 4.69) is 23.5 Å². The van der Waals surface area contributed by atoms with E-state index in [4.69, 9.17) is 4.74 Å². The highest BCUT2D eigenvalue weighted by atomic mass is 16.5. The van der Waals surface area contributed by atoms with Crippen molar-refractivity contribution < 1.29 is 9.53 Å². The van der Waals surface area contributed by atoms with Gasteiger partial charge in [-0.25, -0.2) is 0 Å². The van der Waals surface area contributed by atoms with E-state index in [9.17, 15) is 4.79 Å². The molecule has 0 saturated carbocycles. The molecule has 1 aliphatic carbocycles. The largest absolute Gasteiger partial charge is 0.488 e. The molecule has 3 heteroatoms. The molecule has 0 spiro atoms. The molecule has 1 aromatic carbocycles. The minimum Gasteiger partial charge on any atom is -0.488 e. The molecule has 0 radical (unpaired) electrons. The number of rotatable bonds is 4. The van der Waals surface area contributed by atoms with Gasteiger partial charge in [-0.1, -0.05) is 30.4 Å². The minimum absolute atomic E-state index is 0.0838. The van der Waals surface area contributed by atoms with Gasteiger partial charge in [0.15, 0.2) is 0 Å². The Morgan fingerprint density at radius 3 is 3.05 bits per heavy atom. The average Bonchev–Trinajstić information content (AvgIpc) is 3.04. The molecule has 19 heavy (non-hydrogen) atoms. The Kier molecular flexibility index (Phi) is 3.53. The first kappa shape index (κ1) is 12.3. The molecule has 1 aromatic rings. The molecule has 1 N–H and O–H groups in total. The highest BCUT2D eigenvalue weighted by Gasteiger charge is 2.23. The number of fused-ring (bicyclic) bond motifs is 1. The van der Waals surface area contributed by atoms with Crippen molar-refractivity contribution in [3.63, 3.8) is 0 Å². The SMILES string of the molecule is O=C(CC1C=CCC1)NCC1Cc2ccccc2O1. The van der Waals surface area contributed by atoms with Crippen molar-refractivity contribution in [3.8, 4) is 5.75 Å². The van der Waals surface area contributed by atoms with E-state index in [1.54, 1.807) is 0 Å². The number of amides is 1. The predicted octanol–water partition coefficient (Wildman–Crippen LogP) is 2.46. The zero-order valence-electron chi connectivity index (χ0n) is 11.0. The van der Waals surface area contributed by atoms with E-state index in [0.717, 1.165) is 25.0 Å². The molecule has 2 atom stereocenters. The van der Waals surface area contributed by atoms with Crippen LogP contribution in [0.25, 0.3) is 0 Å². The van der Waals surface area contributed by atoms with Crippen molar-refractivity contribution in [1.82, 2.24) is 5.32 Å². The van der Waals surface area contributed by atoms with Crippen molar-refractivity contribution in [2.24, 2.45) is 5.92 Å². The molecule has 1 aliphatic heterocycles. The Morgan fingerprint density at radius 2 is 2.26 bits per heavy atom. The summed E-state index contributed by atoms with van der Waals surface area (Å²) in [6.07, 6.45) is 8.12. The zero-order valence-corrected chi connectivity index (χ0v) is 11.0. The molecule has 0 bridgehead atoms. The van der Waals surface area contributed by atoms with Crippen LogP contribution in [-0.4, -0.2) is 18.6 Å². The van der Waals surface area contributed by atoms with E-state index in [1.165, 1.54) is 5.56 Å². The Hall–Kier alpha value is -1.77.